The number of aliphatic carboxylic acids is 1. The van der Waals surface area contributed by atoms with Crippen LogP contribution in [0.1, 0.15) is 13.8 Å². The molecule has 1 aliphatic heterocycles. The van der Waals surface area contributed by atoms with E-state index < -0.39 is 24.1 Å². The number of urea groups is 1. The minimum absolute atomic E-state index is 0.118. The van der Waals surface area contributed by atoms with Gasteiger partial charge in [-0.1, -0.05) is 0 Å². The lowest BCUT2D eigenvalue weighted by Gasteiger charge is -2.37. The molecule has 0 saturated carbocycles. The smallest absolute Gasteiger partial charge is 0.326 e. The minimum Gasteiger partial charge on any atom is -0.480 e. The van der Waals surface area contributed by atoms with E-state index in [0.29, 0.717) is 13.2 Å². The van der Waals surface area contributed by atoms with Crippen LogP contribution in [-0.4, -0.2) is 78.2 Å². The number of nitrogens with zero attached hydrogens (tertiary/aromatic N) is 2. The molecule has 1 saturated heterocycles. The summed E-state index contributed by atoms with van der Waals surface area (Å²) in [7, 11) is 1.41. The highest BCUT2D eigenvalue weighted by molar-refractivity contribution is 5.89. The molecular weight excluding hydrogens is 266 g/mol. The fourth-order valence-electron chi connectivity index (χ4n) is 1.88. The largest absolute Gasteiger partial charge is 0.480 e. The van der Waals surface area contributed by atoms with Gasteiger partial charge in [-0.2, -0.15) is 0 Å². The van der Waals surface area contributed by atoms with E-state index in [-0.39, 0.29) is 19.1 Å². The van der Waals surface area contributed by atoms with Crippen LogP contribution in [0.25, 0.3) is 0 Å². The molecule has 0 spiro atoms. The zero-order chi connectivity index (χ0) is 15.3. The molecule has 0 aliphatic carbocycles. The first-order chi connectivity index (χ1) is 9.40. The van der Waals surface area contributed by atoms with E-state index in [9.17, 15) is 14.4 Å². The molecule has 1 aliphatic rings. The summed E-state index contributed by atoms with van der Waals surface area (Å²) in [5, 5.41) is 11.6. The average molecular weight is 287 g/mol. The van der Waals surface area contributed by atoms with Gasteiger partial charge in [-0.25, -0.2) is 9.59 Å². The van der Waals surface area contributed by atoms with Crippen LogP contribution in [0.3, 0.4) is 0 Å². The number of hydrogen-bond donors (Lipinski definition) is 2. The summed E-state index contributed by atoms with van der Waals surface area (Å²) >= 11 is 0. The van der Waals surface area contributed by atoms with Gasteiger partial charge >= 0.3 is 12.0 Å². The summed E-state index contributed by atoms with van der Waals surface area (Å²) < 4.78 is 5.23. The highest BCUT2D eigenvalue weighted by atomic mass is 16.5. The third-order valence-corrected chi connectivity index (χ3v) is 3.27. The van der Waals surface area contributed by atoms with Crippen LogP contribution in [0.4, 0.5) is 4.79 Å². The second-order valence-corrected chi connectivity index (χ2v) is 4.59. The maximum absolute atomic E-state index is 12.3. The Hall–Kier alpha value is -1.83. The molecule has 8 nitrogen and oxygen atoms in total. The Morgan fingerprint density at radius 1 is 1.50 bits per heavy atom. The quantitative estimate of drug-likeness (QED) is 0.715. The molecule has 2 N–H and O–H groups in total. The Morgan fingerprint density at radius 3 is 2.70 bits per heavy atom. The van der Waals surface area contributed by atoms with Gasteiger partial charge in [0, 0.05) is 20.1 Å². The number of rotatable bonds is 4. The number of ether oxygens (including phenoxy) is 1. The van der Waals surface area contributed by atoms with E-state index in [2.05, 4.69) is 5.32 Å². The Kier molecular flexibility index (Phi) is 5.75. The summed E-state index contributed by atoms with van der Waals surface area (Å²) in [4.78, 5) is 37.6. The number of carboxylic acids is 1. The van der Waals surface area contributed by atoms with E-state index in [4.69, 9.17) is 9.84 Å². The number of hydrogen-bond acceptors (Lipinski definition) is 4. The van der Waals surface area contributed by atoms with Gasteiger partial charge in [0.1, 0.15) is 12.1 Å². The zero-order valence-corrected chi connectivity index (χ0v) is 12.0. The highest BCUT2D eigenvalue weighted by Gasteiger charge is 2.36. The Balaban J connectivity index is 2.81. The van der Waals surface area contributed by atoms with Crippen molar-refractivity contribution in [3.63, 3.8) is 0 Å². The van der Waals surface area contributed by atoms with Gasteiger partial charge in [0.15, 0.2) is 0 Å². The third-order valence-electron chi connectivity index (χ3n) is 3.27. The fraction of sp³-hybridized carbons (Fsp3) is 0.750. The van der Waals surface area contributed by atoms with Crippen LogP contribution >= 0.6 is 0 Å². The monoisotopic (exact) mass is 287 g/mol. The molecule has 20 heavy (non-hydrogen) atoms. The molecule has 1 rings (SSSR count). The number of likely N-dealkylation sites (N-methyl/N-ethyl adjacent to an activating group) is 2. The van der Waals surface area contributed by atoms with Gasteiger partial charge in [-0.05, 0) is 13.8 Å². The van der Waals surface area contributed by atoms with E-state index in [0.717, 1.165) is 4.90 Å². The summed E-state index contributed by atoms with van der Waals surface area (Å²) in [5.41, 5.74) is 0. The van der Waals surface area contributed by atoms with E-state index in [1.165, 1.54) is 18.9 Å². The molecule has 114 valence electrons. The number of carboxylic acid groups (broad SMARTS) is 1. The van der Waals surface area contributed by atoms with Crippen molar-refractivity contribution < 1.29 is 24.2 Å². The molecule has 2 atom stereocenters. The predicted octanol–water partition coefficient (Wildman–Crippen LogP) is -0.652. The van der Waals surface area contributed by atoms with E-state index in [1.54, 1.807) is 6.92 Å². The topological polar surface area (TPSA) is 99.2 Å². The molecule has 0 radical (unpaired) electrons. The molecule has 1 heterocycles. The SMILES string of the molecule is CCNC(=O)C1COCCN1C(=O)N(C)C(C)C(=O)O. The molecule has 0 bridgehead atoms. The molecule has 0 aromatic rings. The second-order valence-electron chi connectivity index (χ2n) is 4.59. The van der Waals surface area contributed by atoms with Crippen molar-refractivity contribution in [2.24, 2.45) is 0 Å². The van der Waals surface area contributed by atoms with E-state index in [1.807, 2.05) is 0 Å². The second kappa shape index (κ2) is 7.09. The molecular formula is C12H21N3O5. The van der Waals surface area contributed by atoms with Crippen LogP contribution in [0.5, 0.6) is 0 Å². The van der Waals surface area contributed by atoms with Crippen molar-refractivity contribution in [3.8, 4) is 0 Å². The number of carbonyl (C=O) groups is 3. The van der Waals surface area contributed by atoms with Gasteiger partial charge in [-0.3, -0.25) is 4.79 Å². The van der Waals surface area contributed by atoms with Crippen LogP contribution in [0.15, 0.2) is 0 Å². The number of amides is 3. The van der Waals surface area contributed by atoms with Gasteiger partial charge in [0.05, 0.1) is 13.2 Å². The van der Waals surface area contributed by atoms with Crippen LogP contribution < -0.4 is 5.32 Å². The van der Waals surface area contributed by atoms with Gasteiger partial charge < -0.3 is 25.0 Å². The van der Waals surface area contributed by atoms with Crippen molar-refractivity contribution in [2.45, 2.75) is 25.9 Å². The highest BCUT2D eigenvalue weighted by Crippen LogP contribution is 2.12. The lowest BCUT2D eigenvalue weighted by Crippen LogP contribution is -2.59. The maximum atomic E-state index is 12.3. The van der Waals surface area contributed by atoms with Crippen molar-refractivity contribution in [3.05, 3.63) is 0 Å². The summed E-state index contributed by atoms with van der Waals surface area (Å²) in [6, 6.07) is -2.17. The first-order valence-corrected chi connectivity index (χ1v) is 6.51. The molecule has 0 aromatic carbocycles. The lowest BCUT2D eigenvalue weighted by atomic mass is 10.2. The summed E-state index contributed by atoms with van der Waals surface area (Å²) in [6.45, 7) is 4.37. The molecule has 8 heteroatoms. The first kappa shape index (κ1) is 16.2. The Bertz CT molecular complexity index is 387. The Labute approximate surface area is 117 Å². The first-order valence-electron chi connectivity index (χ1n) is 6.51. The Morgan fingerprint density at radius 2 is 2.15 bits per heavy atom. The van der Waals surface area contributed by atoms with Crippen LogP contribution in [-0.2, 0) is 14.3 Å². The van der Waals surface area contributed by atoms with Gasteiger partial charge in [0.2, 0.25) is 5.91 Å². The summed E-state index contributed by atoms with van der Waals surface area (Å²) in [5.74, 6) is -1.39. The standard InChI is InChI=1S/C12H21N3O5/c1-4-13-10(16)9-7-20-6-5-15(9)12(19)14(3)8(2)11(17)18/h8-9H,4-7H2,1-3H3,(H,13,16)(H,17,18). The molecule has 3 amide bonds. The molecule has 1 fully saturated rings. The minimum atomic E-state index is -1.09. The summed E-state index contributed by atoms with van der Waals surface area (Å²) in [6.07, 6.45) is 0. The van der Waals surface area contributed by atoms with Crippen molar-refractivity contribution in [1.82, 2.24) is 15.1 Å². The molecule has 0 aromatic heterocycles. The average Bonchev–Trinajstić information content (AvgIpc) is 2.45. The zero-order valence-electron chi connectivity index (χ0n) is 12.0. The lowest BCUT2D eigenvalue weighted by molar-refractivity contribution is -0.141. The van der Waals surface area contributed by atoms with Crippen LogP contribution in [0, 0.1) is 0 Å². The number of carbonyl (C=O) groups excluding carboxylic acids is 2. The van der Waals surface area contributed by atoms with Crippen LogP contribution in [0.2, 0.25) is 0 Å². The third kappa shape index (κ3) is 3.60. The van der Waals surface area contributed by atoms with E-state index >= 15 is 0 Å². The van der Waals surface area contributed by atoms with Gasteiger partial charge in [0.25, 0.3) is 0 Å². The number of morpholine rings is 1. The fourth-order valence-corrected chi connectivity index (χ4v) is 1.88. The molecule has 2 unspecified atom stereocenters. The maximum Gasteiger partial charge on any atom is 0.326 e. The van der Waals surface area contributed by atoms with Gasteiger partial charge in [-0.15, -0.1) is 0 Å². The number of nitrogens with one attached hydrogen (secondary N) is 1. The van der Waals surface area contributed by atoms with Crippen molar-refractivity contribution in [2.75, 3.05) is 33.4 Å². The van der Waals surface area contributed by atoms with Crippen molar-refractivity contribution >= 4 is 17.9 Å². The predicted molar refractivity (Wildman–Crippen MR) is 70.3 cm³/mol. The normalized spacial score (nSPS) is 20.1. The van der Waals surface area contributed by atoms with Crippen molar-refractivity contribution in [1.29, 1.82) is 0 Å².